The molecule has 1 aliphatic rings. The number of ether oxygens (including phenoxy) is 1. The molecule has 0 radical (unpaired) electrons. The quantitative estimate of drug-likeness (QED) is 0.918. The summed E-state index contributed by atoms with van der Waals surface area (Å²) in [6.45, 7) is 0.375. The van der Waals surface area contributed by atoms with Crippen LogP contribution in [0.2, 0.25) is 0 Å². The normalized spacial score (nSPS) is 13.0. The molecule has 3 rings (SSSR count). The van der Waals surface area contributed by atoms with E-state index < -0.39 is 5.82 Å². The fourth-order valence-corrected chi connectivity index (χ4v) is 2.10. The van der Waals surface area contributed by atoms with Gasteiger partial charge in [0.25, 0.3) is 0 Å². The zero-order chi connectivity index (χ0) is 13.2. The summed E-state index contributed by atoms with van der Waals surface area (Å²) in [6.07, 6.45) is 0.203. The summed E-state index contributed by atoms with van der Waals surface area (Å²) in [5.74, 6) is -0.197. The molecule has 4 heteroatoms. The summed E-state index contributed by atoms with van der Waals surface area (Å²) in [5, 5.41) is 2.50. The van der Waals surface area contributed by atoms with Crippen molar-refractivity contribution in [3.63, 3.8) is 0 Å². The molecule has 1 heterocycles. The number of hydrogen-bond donors (Lipinski definition) is 1. The van der Waals surface area contributed by atoms with Gasteiger partial charge in [-0.3, -0.25) is 4.79 Å². The lowest BCUT2D eigenvalue weighted by Crippen LogP contribution is -2.04. The van der Waals surface area contributed by atoms with E-state index in [1.165, 1.54) is 6.07 Å². The van der Waals surface area contributed by atoms with Gasteiger partial charge in [0.2, 0.25) is 5.91 Å². The highest BCUT2D eigenvalue weighted by Gasteiger charge is 2.22. The topological polar surface area (TPSA) is 38.3 Å². The highest BCUT2D eigenvalue weighted by Crippen LogP contribution is 2.30. The molecule has 96 valence electrons. The smallest absolute Gasteiger partial charge is 0.228 e. The minimum atomic E-state index is -0.452. The SMILES string of the molecule is O=C1Cc2cc(OCc3ccccc3)cc(F)c2N1. The van der Waals surface area contributed by atoms with E-state index in [4.69, 9.17) is 4.74 Å². The van der Waals surface area contributed by atoms with Crippen molar-refractivity contribution in [2.75, 3.05) is 5.32 Å². The molecular formula is C15H12FNO2. The van der Waals surface area contributed by atoms with Gasteiger partial charge in [0.1, 0.15) is 12.4 Å². The minimum absolute atomic E-state index is 0.186. The molecule has 0 fully saturated rings. The Morgan fingerprint density at radius 3 is 2.79 bits per heavy atom. The summed E-state index contributed by atoms with van der Waals surface area (Å²) in [7, 11) is 0. The maximum absolute atomic E-state index is 13.8. The van der Waals surface area contributed by atoms with Gasteiger partial charge in [0.15, 0.2) is 5.82 Å². The first-order chi connectivity index (χ1) is 9.22. The van der Waals surface area contributed by atoms with Crippen molar-refractivity contribution in [1.29, 1.82) is 0 Å². The summed E-state index contributed by atoms with van der Waals surface area (Å²) in [4.78, 5) is 11.2. The van der Waals surface area contributed by atoms with Crippen molar-refractivity contribution in [2.24, 2.45) is 0 Å². The Balaban J connectivity index is 1.78. The van der Waals surface area contributed by atoms with Crippen molar-refractivity contribution in [3.05, 3.63) is 59.4 Å². The number of amides is 1. The van der Waals surface area contributed by atoms with Crippen LogP contribution in [-0.2, 0) is 17.8 Å². The molecule has 2 aromatic rings. The minimum Gasteiger partial charge on any atom is -0.489 e. The Hall–Kier alpha value is -2.36. The highest BCUT2D eigenvalue weighted by molar-refractivity contribution is 5.99. The lowest BCUT2D eigenvalue weighted by atomic mass is 10.1. The number of nitrogens with one attached hydrogen (secondary N) is 1. The summed E-state index contributed by atoms with van der Waals surface area (Å²) >= 11 is 0. The van der Waals surface area contributed by atoms with Crippen LogP contribution in [-0.4, -0.2) is 5.91 Å². The van der Waals surface area contributed by atoms with Gasteiger partial charge >= 0.3 is 0 Å². The van der Waals surface area contributed by atoms with Crippen LogP contribution < -0.4 is 10.1 Å². The standard InChI is InChI=1S/C15H12FNO2/c16-13-8-12(6-11-7-14(18)17-15(11)13)19-9-10-4-2-1-3-5-10/h1-6,8H,7,9H2,(H,17,18). The molecule has 0 spiro atoms. The molecule has 1 aliphatic heterocycles. The number of carbonyl (C=O) groups excluding carboxylic acids is 1. The second-order valence-corrected chi connectivity index (χ2v) is 4.44. The largest absolute Gasteiger partial charge is 0.489 e. The van der Waals surface area contributed by atoms with Crippen LogP contribution in [0.15, 0.2) is 42.5 Å². The molecule has 0 bridgehead atoms. The molecule has 0 aromatic heterocycles. The van der Waals surface area contributed by atoms with Gasteiger partial charge in [-0.1, -0.05) is 30.3 Å². The van der Waals surface area contributed by atoms with Crippen LogP contribution in [0.25, 0.3) is 0 Å². The number of benzene rings is 2. The van der Waals surface area contributed by atoms with Crippen LogP contribution in [0.4, 0.5) is 10.1 Å². The molecule has 3 nitrogen and oxygen atoms in total. The highest BCUT2D eigenvalue weighted by atomic mass is 19.1. The molecular weight excluding hydrogens is 245 g/mol. The van der Waals surface area contributed by atoms with E-state index in [-0.39, 0.29) is 18.0 Å². The van der Waals surface area contributed by atoms with Crippen LogP contribution >= 0.6 is 0 Å². The number of hydrogen-bond acceptors (Lipinski definition) is 2. The molecule has 0 saturated carbocycles. The zero-order valence-corrected chi connectivity index (χ0v) is 10.2. The third-order valence-corrected chi connectivity index (χ3v) is 3.01. The van der Waals surface area contributed by atoms with Gasteiger partial charge in [0, 0.05) is 6.07 Å². The van der Waals surface area contributed by atoms with Crippen molar-refractivity contribution in [1.82, 2.24) is 0 Å². The summed E-state index contributed by atoms with van der Waals surface area (Å²) in [5.41, 5.74) is 1.93. The number of carbonyl (C=O) groups is 1. The third kappa shape index (κ3) is 2.42. The van der Waals surface area contributed by atoms with Crippen molar-refractivity contribution in [2.45, 2.75) is 13.0 Å². The molecule has 0 saturated heterocycles. The van der Waals surface area contributed by atoms with Gasteiger partial charge in [-0.2, -0.15) is 0 Å². The number of anilines is 1. The first-order valence-electron chi connectivity index (χ1n) is 6.01. The van der Waals surface area contributed by atoms with Crippen LogP contribution in [0, 0.1) is 5.82 Å². The second-order valence-electron chi connectivity index (χ2n) is 4.44. The Morgan fingerprint density at radius 2 is 2.00 bits per heavy atom. The third-order valence-electron chi connectivity index (χ3n) is 3.01. The van der Waals surface area contributed by atoms with E-state index in [1.54, 1.807) is 6.07 Å². The molecule has 0 unspecified atom stereocenters. The molecule has 1 amide bonds. The predicted octanol–water partition coefficient (Wildman–Crippen LogP) is 2.90. The summed E-state index contributed by atoms with van der Waals surface area (Å²) < 4.78 is 19.3. The van der Waals surface area contributed by atoms with E-state index in [0.29, 0.717) is 17.9 Å². The maximum Gasteiger partial charge on any atom is 0.228 e. The number of fused-ring (bicyclic) bond motifs is 1. The zero-order valence-electron chi connectivity index (χ0n) is 10.2. The lowest BCUT2D eigenvalue weighted by Gasteiger charge is -2.08. The monoisotopic (exact) mass is 257 g/mol. The van der Waals surface area contributed by atoms with Gasteiger partial charge in [-0.05, 0) is 17.2 Å². The van der Waals surface area contributed by atoms with E-state index in [1.807, 2.05) is 30.3 Å². The summed E-state index contributed by atoms with van der Waals surface area (Å²) in [6, 6.07) is 12.7. The first kappa shape index (κ1) is 11.7. The van der Waals surface area contributed by atoms with E-state index in [9.17, 15) is 9.18 Å². The molecule has 19 heavy (non-hydrogen) atoms. The average Bonchev–Trinajstić information content (AvgIpc) is 2.79. The van der Waals surface area contributed by atoms with Crippen molar-refractivity contribution < 1.29 is 13.9 Å². The van der Waals surface area contributed by atoms with Crippen molar-refractivity contribution >= 4 is 11.6 Å². The first-order valence-corrected chi connectivity index (χ1v) is 6.01. The average molecular weight is 257 g/mol. The lowest BCUT2D eigenvalue weighted by molar-refractivity contribution is -0.115. The Kier molecular flexibility index (Phi) is 2.91. The van der Waals surface area contributed by atoms with Gasteiger partial charge in [-0.15, -0.1) is 0 Å². The van der Waals surface area contributed by atoms with Gasteiger partial charge < -0.3 is 10.1 Å². The van der Waals surface area contributed by atoms with Gasteiger partial charge in [-0.25, -0.2) is 4.39 Å². The number of rotatable bonds is 3. The van der Waals surface area contributed by atoms with E-state index in [0.717, 1.165) is 5.56 Å². The molecule has 0 atom stereocenters. The Morgan fingerprint density at radius 1 is 1.21 bits per heavy atom. The second kappa shape index (κ2) is 4.72. The Bertz CT molecular complexity index is 626. The molecule has 1 N–H and O–H groups in total. The van der Waals surface area contributed by atoms with Crippen LogP contribution in [0.1, 0.15) is 11.1 Å². The van der Waals surface area contributed by atoms with E-state index in [2.05, 4.69) is 5.32 Å². The molecule has 2 aromatic carbocycles. The van der Waals surface area contributed by atoms with Gasteiger partial charge in [0.05, 0.1) is 12.1 Å². The maximum atomic E-state index is 13.8. The fraction of sp³-hybridized carbons (Fsp3) is 0.133. The Labute approximate surface area is 110 Å². The van der Waals surface area contributed by atoms with Crippen LogP contribution in [0.5, 0.6) is 5.75 Å². The number of halogens is 1. The fourth-order valence-electron chi connectivity index (χ4n) is 2.10. The van der Waals surface area contributed by atoms with E-state index >= 15 is 0 Å². The van der Waals surface area contributed by atoms with Crippen LogP contribution in [0.3, 0.4) is 0 Å². The molecule has 0 aliphatic carbocycles. The van der Waals surface area contributed by atoms with Crippen molar-refractivity contribution in [3.8, 4) is 5.75 Å². The predicted molar refractivity (Wildman–Crippen MR) is 69.5 cm³/mol.